The third kappa shape index (κ3) is 3.10. The third-order valence-electron chi connectivity index (χ3n) is 4.00. The normalized spacial score (nSPS) is 23.4. The average molecular weight is 266 g/mol. The van der Waals surface area contributed by atoms with Crippen LogP contribution >= 0.6 is 0 Å². The Balaban J connectivity index is 0.000000576. The van der Waals surface area contributed by atoms with E-state index in [1.165, 1.54) is 6.42 Å². The van der Waals surface area contributed by atoms with Gasteiger partial charge in [-0.25, -0.2) is 4.39 Å². The van der Waals surface area contributed by atoms with E-state index in [4.69, 9.17) is 4.74 Å². The minimum Gasteiger partial charge on any atom is -0.490 e. The number of hydrogen-bond donors (Lipinski definition) is 0. The fourth-order valence-electron chi connectivity index (χ4n) is 2.71. The fourth-order valence-corrected chi connectivity index (χ4v) is 2.71. The molecule has 108 valence electrons. The topological polar surface area (TPSA) is 9.23 Å². The standard InChI is InChI=1S/C14H17FO.C2H6.CH4/c1-9-5-7-13(9)16-14-8-6-12(15)10-3-2-4-11(10)14;1-2;/h6,8-9,13H,2-5,7H2,1H3;1-2H3;1H4/t9-,13-;;/m1../s1. The van der Waals surface area contributed by atoms with E-state index in [1.807, 2.05) is 19.9 Å². The predicted molar refractivity (Wildman–Crippen MR) is 79.3 cm³/mol. The molecule has 2 heteroatoms. The Labute approximate surface area is 117 Å². The van der Waals surface area contributed by atoms with E-state index in [0.717, 1.165) is 42.6 Å². The molecule has 2 aliphatic carbocycles. The minimum atomic E-state index is -0.0542. The van der Waals surface area contributed by atoms with E-state index >= 15 is 0 Å². The molecule has 19 heavy (non-hydrogen) atoms. The van der Waals surface area contributed by atoms with Crippen LogP contribution in [0.5, 0.6) is 5.75 Å². The number of halogens is 1. The SMILES string of the molecule is C.CC.C[C@@H]1CC[C@H]1Oc1ccc(F)c2c1CCC2. The zero-order chi connectivity index (χ0) is 13.1. The largest absolute Gasteiger partial charge is 0.490 e. The smallest absolute Gasteiger partial charge is 0.126 e. The molecule has 1 fully saturated rings. The van der Waals surface area contributed by atoms with Crippen LogP contribution in [-0.2, 0) is 12.8 Å². The van der Waals surface area contributed by atoms with Crippen LogP contribution in [0, 0.1) is 11.7 Å². The van der Waals surface area contributed by atoms with E-state index in [1.54, 1.807) is 6.07 Å². The molecule has 0 amide bonds. The van der Waals surface area contributed by atoms with E-state index < -0.39 is 0 Å². The van der Waals surface area contributed by atoms with E-state index in [9.17, 15) is 4.39 Å². The molecule has 1 aromatic rings. The Morgan fingerprint density at radius 1 is 1.11 bits per heavy atom. The van der Waals surface area contributed by atoms with Gasteiger partial charge in [-0.15, -0.1) is 0 Å². The molecule has 0 heterocycles. The lowest BCUT2D eigenvalue weighted by Gasteiger charge is -2.34. The van der Waals surface area contributed by atoms with Crippen molar-refractivity contribution in [3.63, 3.8) is 0 Å². The van der Waals surface area contributed by atoms with Crippen molar-refractivity contribution in [3.05, 3.63) is 29.1 Å². The Morgan fingerprint density at radius 2 is 1.79 bits per heavy atom. The Morgan fingerprint density at radius 3 is 2.37 bits per heavy atom. The maximum Gasteiger partial charge on any atom is 0.126 e. The van der Waals surface area contributed by atoms with Crippen LogP contribution in [0.1, 0.15) is 58.6 Å². The van der Waals surface area contributed by atoms with Crippen molar-refractivity contribution >= 4 is 0 Å². The maximum atomic E-state index is 13.5. The molecule has 1 saturated carbocycles. The average Bonchev–Trinajstić information content (AvgIpc) is 2.89. The van der Waals surface area contributed by atoms with Crippen LogP contribution in [0.2, 0.25) is 0 Å². The van der Waals surface area contributed by atoms with Crippen LogP contribution in [-0.4, -0.2) is 6.10 Å². The van der Waals surface area contributed by atoms with Gasteiger partial charge in [0, 0.05) is 5.56 Å². The summed E-state index contributed by atoms with van der Waals surface area (Å²) in [6, 6.07) is 3.37. The molecule has 0 aliphatic heterocycles. The van der Waals surface area contributed by atoms with Gasteiger partial charge in [-0.1, -0.05) is 28.2 Å². The summed E-state index contributed by atoms with van der Waals surface area (Å²) < 4.78 is 19.5. The molecular formula is C17H27FO. The Kier molecular flexibility index (Phi) is 5.84. The summed E-state index contributed by atoms with van der Waals surface area (Å²) in [5.41, 5.74) is 2.02. The molecule has 0 unspecified atom stereocenters. The highest BCUT2D eigenvalue weighted by atomic mass is 19.1. The van der Waals surface area contributed by atoms with Gasteiger partial charge in [-0.05, 0) is 55.7 Å². The van der Waals surface area contributed by atoms with Gasteiger partial charge in [0.15, 0.2) is 0 Å². The Hall–Kier alpha value is -1.05. The van der Waals surface area contributed by atoms with Crippen LogP contribution in [0.15, 0.2) is 12.1 Å². The van der Waals surface area contributed by atoms with Crippen LogP contribution in [0.4, 0.5) is 4.39 Å². The van der Waals surface area contributed by atoms with Gasteiger partial charge < -0.3 is 4.74 Å². The molecule has 0 aromatic heterocycles. The van der Waals surface area contributed by atoms with Crippen molar-refractivity contribution in [3.8, 4) is 5.75 Å². The molecule has 3 rings (SSSR count). The zero-order valence-electron chi connectivity index (χ0n) is 11.6. The number of ether oxygens (including phenoxy) is 1. The molecule has 0 spiro atoms. The minimum absolute atomic E-state index is 0. The van der Waals surface area contributed by atoms with Gasteiger partial charge in [0.1, 0.15) is 17.7 Å². The monoisotopic (exact) mass is 266 g/mol. The number of rotatable bonds is 2. The summed E-state index contributed by atoms with van der Waals surface area (Å²) in [5, 5.41) is 0. The first-order valence-electron chi connectivity index (χ1n) is 7.22. The lowest BCUT2D eigenvalue weighted by molar-refractivity contribution is 0.0568. The van der Waals surface area contributed by atoms with Crippen LogP contribution < -0.4 is 4.74 Å². The van der Waals surface area contributed by atoms with Gasteiger partial charge in [0.25, 0.3) is 0 Å². The third-order valence-corrected chi connectivity index (χ3v) is 4.00. The Bertz CT molecular complexity index is 414. The van der Waals surface area contributed by atoms with Crippen molar-refractivity contribution in [2.24, 2.45) is 5.92 Å². The lowest BCUT2D eigenvalue weighted by atomic mass is 9.83. The van der Waals surface area contributed by atoms with Crippen molar-refractivity contribution < 1.29 is 9.13 Å². The lowest BCUT2D eigenvalue weighted by Crippen LogP contribution is -2.34. The molecule has 0 bridgehead atoms. The second-order valence-corrected chi connectivity index (χ2v) is 5.07. The quantitative estimate of drug-likeness (QED) is 0.719. The molecule has 2 aliphatic rings. The molecule has 0 N–H and O–H groups in total. The summed E-state index contributed by atoms with van der Waals surface area (Å²) in [4.78, 5) is 0. The second kappa shape index (κ2) is 6.93. The first kappa shape index (κ1) is 16.0. The predicted octanol–water partition coefficient (Wildman–Crippen LogP) is 5.15. The molecule has 1 nitrogen and oxygen atoms in total. The van der Waals surface area contributed by atoms with Gasteiger partial charge in [-0.3, -0.25) is 0 Å². The van der Waals surface area contributed by atoms with E-state index in [2.05, 4.69) is 6.92 Å². The second-order valence-electron chi connectivity index (χ2n) is 5.07. The number of hydrogen-bond acceptors (Lipinski definition) is 1. The fraction of sp³-hybridized carbons (Fsp3) is 0.647. The first-order valence-corrected chi connectivity index (χ1v) is 7.22. The highest BCUT2D eigenvalue weighted by Crippen LogP contribution is 2.37. The van der Waals surface area contributed by atoms with Gasteiger partial charge in [0.05, 0.1) is 0 Å². The van der Waals surface area contributed by atoms with Crippen molar-refractivity contribution in [2.75, 3.05) is 0 Å². The maximum absolute atomic E-state index is 13.5. The molecule has 1 aromatic carbocycles. The first-order chi connectivity index (χ1) is 8.75. The summed E-state index contributed by atoms with van der Waals surface area (Å²) in [6.45, 7) is 6.22. The number of fused-ring (bicyclic) bond motifs is 1. The van der Waals surface area contributed by atoms with Gasteiger partial charge in [0.2, 0.25) is 0 Å². The highest BCUT2D eigenvalue weighted by Gasteiger charge is 2.30. The van der Waals surface area contributed by atoms with Crippen molar-refractivity contribution in [1.82, 2.24) is 0 Å². The van der Waals surface area contributed by atoms with Gasteiger partial charge in [-0.2, -0.15) is 0 Å². The highest BCUT2D eigenvalue weighted by molar-refractivity contribution is 5.44. The zero-order valence-corrected chi connectivity index (χ0v) is 11.6. The van der Waals surface area contributed by atoms with E-state index in [0.29, 0.717) is 12.0 Å². The van der Waals surface area contributed by atoms with E-state index in [-0.39, 0.29) is 13.2 Å². The van der Waals surface area contributed by atoms with Crippen molar-refractivity contribution in [2.45, 2.75) is 66.4 Å². The van der Waals surface area contributed by atoms with Crippen molar-refractivity contribution in [1.29, 1.82) is 0 Å². The van der Waals surface area contributed by atoms with Crippen LogP contribution in [0.25, 0.3) is 0 Å². The number of benzene rings is 1. The summed E-state index contributed by atoms with van der Waals surface area (Å²) in [7, 11) is 0. The summed E-state index contributed by atoms with van der Waals surface area (Å²) in [6.07, 6.45) is 5.67. The molecule has 0 saturated heterocycles. The molecule has 0 radical (unpaired) electrons. The molecule has 2 atom stereocenters. The van der Waals surface area contributed by atoms with Gasteiger partial charge >= 0.3 is 0 Å². The summed E-state index contributed by atoms with van der Waals surface area (Å²) >= 11 is 0. The molecular weight excluding hydrogens is 239 g/mol. The summed E-state index contributed by atoms with van der Waals surface area (Å²) in [5.74, 6) is 1.54. The van der Waals surface area contributed by atoms with Crippen LogP contribution in [0.3, 0.4) is 0 Å².